The molecular formula is C9H14MgO4. The number of aliphatic carboxylic acids is 2. The van der Waals surface area contributed by atoms with E-state index in [1.807, 2.05) is 6.92 Å². The summed E-state index contributed by atoms with van der Waals surface area (Å²) >= 11 is 0. The predicted molar refractivity (Wildman–Crippen MR) is 47.9 cm³/mol. The maximum atomic E-state index is 10.5. The molecule has 0 aromatic carbocycles. The van der Waals surface area contributed by atoms with E-state index in [4.69, 9.17) is 0 Å². The van der Waals surface area contributed by atoms with Gasteiger partial charge in [0.1, 0.15) is 0 Å². The van der Waals surface area contributed by atoms with Crippen molar-refractivity contribution in [3.63, 3.8) is 0 Å². The van der Waals surface area contributed by atoms with E-state index in [1.54, 1.807) is 13.8 Å². The predicted octanol–water partition coefficient (Wildman–Crippen LogP) is -1.45. The van der Waals surface area contributed by atoms with E-state index in [0.29, 0.717) is 6.42 Å². The minimum Gasteiger partial charge on any atom is -0.549 e. The van der Waals surface area contributed by atoms with Crippen molar-refractivity contribution in [1.82, 2.24) is 0 Å². The van der Waals surface area contributed by atoms with Crippen molar-refractivity contribution >= 4 is 35.0 Å². The van der Waals surface area contributed by atoms with E-state index in [2.05, 4.69) is 0 Å². The van der Waals surface area contributed by atoms with Crippen LogP contribution in [0.2, 0.25) is 0 Å². The van der Waals surface area contributed by atoms with Crippen molar-refractivity contribution in [2.75, 3.05) is 0 Å². The molecule has 0 aliphatic carbocycles. The van der Waals surface area contributed by atoms with E-state index in [0.717, 1.165) is 6.42 Å². The van der Waals surface area contributed by atoms with E-state index < -0.39 is 23.3 Å². The van der Waals surface area contributed by atoms with Crippen molar-refractivity contribution in [3.05, 3.63) is 0 Å². The Balaban J connectivity index is 0. The molecule has 0 aromatic rings. The molecule has 76 valence electrons. The maximum absolute atomic E-state index is 10.5. The summed E-state index contributed by atoms with van der Waals surface area (Å²) in [6.45, 7) is 5.04. The summed E-state index contributed by atoms with van der Waals surface area (Å²) < 4.78 is 0. The summed E-state index contributed by atoms with van der Waals surface area (Å²) in [6, 6.07) is 0. The minimum atomic E-state index is -1.57. The molecule has 0 bridgehead atoms. The SMILES string of the molecule is CCCC(C)(C)C(C(=O)[O-])C(=O)[O-].[Mg+2]. The molecule has 0 aliphatic heterocycles. The molecule has 0 aromatic heterocycles. The molecule has 0 heterocycles. The van der Waals surface area contributed by atoms with E-state index in [-0.39, 0.29) is 23.1 Å². The molecule has 0 saturated heterocycles. The Labute approximate surface area is 99.8 Å². The molecule has 0 amide bonds. The average molecular weight is 211 g/mol. The monoisotopic (exact) mass is 210 g/mol. The quantitative estimate of drug-likeness (QED) is 0.411. The Hall–Kier alpha value is -0.294. The van der Waals surface area contributed by atoms with Crippen LogP contribution in [0.25, 0.3) is 0 Å². The van der Waals surface area contributed by atoms with Crippen LogP contribution in [0.3, 0.4) is 0 Å². The fourth-order valence-corrected chi connectivity index (χ4v) is 1.52. The molecule has 0 radical (unpaired) electrons. The van der Waals surface area contributed by atoms with Crippen LogP contribution in [-0.4, -0.2) is 35.0 Å². The molecule has 0 atom stereocenters. The smallest absolute Gasteiger partial charge is 0.549 e. The van der Waals surface area contributed by atoms with Gasteiger partial charge in [-0.3, -0.25) is 0 Å². The zero-order valence-corrected chi connectivity index (χ0v) is 10.2. The van der Waals surface area contributed by atoms with Gasteiger partial charge in [-0.1, -0.05) is 27.2 Å². The number of carbonyl (C=O) groups is 2. The van der Waals surface area contributed by atoms with Crippen molar-refractivity contribution < 1.29 is 19.8 Å². The van der Waals surface area contributed by atoms with Gasteiger partial charge in [0.15, 0.2) is 0 Å². The standard InChI is InChI=1S/C9H16O4.Mg/c1-4-5-9(2,3)6(7(10)11)8(12)13;/h6H,4-5H2,1-3H3,(H,10,11)(H,12,13);/q;+2/p-2. The summed E-state index contributed by atoms with van der Waals surface area (Å²) in [5, 5.41) is 21.1. The summed E-state index contributed by atoms with van der Waals surface area (Å²) in [6.07, 6.45) is 1.24. The largest absolute Gasteiger partial charge is 2.00 e. The molecule has 0 rings (SSSR count). The number of carbonyl (C=O) groups excluding carboxylic acids is 2. The van der Waals surface area contributed by atoms with Crippen LogP contribution >= 0.6 is 0 Å². The Bertz CT molecular complexity index is 199. The van der Waals surface area contributed by atoms with Gasteiger partial charge >= 0.3 is 23.1 Å². The van der Waals surface area contributed by atoms with E-state index >= 15 is 0 Å². The van der Waals surface area contributed by atoms with Gasteiger partial charge in [0, 0.05) is 5.92 Å². The molecule has 14 heavy (non-hydrogen) atoms. The number of hydrogen-bond acceptors (Lipinski definition) is 4. The molecule has 4 nitrogen and oxygen atoms in total. The Morgan fingerprint density at radius 2 is 1.57 bits per heavy atom. The molecule has 0 spiro atoms. The summed E-state index contributed by atoms with van der Waals surface area (Å²) in [7, 11) is 0. The van der Waals surface area contributed by atoms with Crippen LogP contribution in [0, 0.1) is 11.3 Å². The minimum absolute atomic E-state index is 0. The molecule has 0 saturated carbocycles. The van der Waals surface area contributed by atoms with Gasteiger partial charge in [-0.15, -0.1) is 0 Å². The van der Waals surface area contributed by atoms with Crippen LogP contribution < -0.4 is 10.2 Å². The van der Waals surface area contributed by atoms with E-state index in [1.165, 1.54) is 0 Å². The first-order chi connectivity index (χ1) is 5.83. The number of rotatable bonds is 5. The van der Waals surface area contributed by atoms with Gasteiger partial charge < -0.3 is 19.8 Å². The van der Waals surface area contributed by atoms with Gasteiger partial charge in [0.2, 0.25) is 0 Å². The number of carboxylic acid groups (broad SMARTS) is 2. The third-order valence-corrected chi connectivity index (χ3v) is 2.15. The van der Waals surface area contributed by atoms with Gasteiger partial charge in [0.05, 0.1) is 11.9 Å². The Morgan fingerprint density at radius 3 is 1.79 bits per heavy atom. The second-order valence-corrected chi connectivity index (χ2v) is 3.81. The van der Waals surface area contributed by atoms with Crippen LogP contribution in [0.15, 0.2) is 0 Å². The zero-order chi connectivity index (χ0) is 10.6. The molecule has 5 heteroatoms. The first-order valence-corrected chi connectivity index (χ1v) is 4.24. The van der Waals surface area contributed by atoms with Crippen molar-refractivity contribution in [2.24, 2.45) is 11.3 Å². The third kappa shape index (κ3) is 4.28. The van der Waals surface area contributed by atoms with Crippen molar-refractivity contribution in [1.29, 1.82) is 0 Å². The normalized spacial score (nSPS) is 10.9. The Morgan fingerprint density at radius 1 is 1.21 bits per heavy atom. The van der Waals surface area contributed by atoms with E-state index in [9.17, 15) is 19.8 Å². The van der Waals surface area contributed by atoms with Gasteiger partial charge in [0.25, 0.3) is 0 Å². The molecule has 0 aliphatic rings. The van der Waals surface area contributed by atoms with Gasteiger partial charge in [-0.25, -0.2) is 0 Å². The zero-order valence-electron chi connectivity index (χ0n) is 8.83. The van der Waals surface area contributed by atoms with Gasteiger partial charge in [-0.2, -0.15) is 0 Å². The number of carboxylic acids is 2. The molecule has 0 unspecified atom stereocenters. The van der Waals surface area contributed by atoms with Crippen LogP contribution in [0.4, 0.5) is 0 Å². The van der Waals surface area contributed by atoms with Crippen LogP contribution in [0.1, 0.15) is 33.6 Å². The van der Waals surface area contributed by atoms with Crippen LogP contribution in [-0.2, 0) is 9.59 Å². The fraction of sp³-hybridized carbons (Fsp3) is 0.778. The summed E-state index contributed by atoms with van der Waals surface area (Å²) in [5.74, 6) is -4.68. The molecule has 0 N–H and O–H groups in total. The average Bonchev–Trinajstić information content (AvgIpc) is 1.82. The van der Waals surface area contributed by atoms with Gasteiger partial charge in [-0.05, 0) is 11.8 Å². The second kappa shape index (κ2) is 6.24. The van der Waals surface area contributed by atoms with Crippen molar-refractivity contribution in [2.45, 2.75) is 33.6 Å². The van der Waals surface area contributed by atoms with Crippen molar-refractivity contribution in [3.8, 4) is 0 Å². The second-order valence-electron chi connectivity index (χ2n) is 3.81. The third-order valence-electron chi connectivity index (χ3n) is 2.15. The molecular weight excluding hydrogens is 196 g/mol. The number of hydrogen-bond donors (Lipinski definition) is 0. The summed E-state index contributed by atoms with van der Waals surface area (Å²) in [5.41, 5.74) is -0.813. The topological polar surface area (TPSA) is 80.3 Å². The fourth-order valence-electron chi connectivity index (χ4n) is 1.52. The first kappa shape index (κ1) is 16.1. The van der Waals surface area contributed by atoms with Crippen LogP contribution in [0.5, 0.6) is 0 Å². The Kier molecular flexibility index (Phi) is 7.20. The molecule has 0 fully saturated rings. The maximum Gasteiger partial charge on any atom is 2.00 e. The summed E-state index contributed by atoms with van der Waals surface area (Å²) in [4.78, 5) is 21.1. The first-order valence-electron chi connectivity index (χ1n) is 4.24.